The van der Waals surface area contributed by atoms with E-state index in [1.807, 2.05) is 0 Å². The molecule has 1 aliphatic heterocycles. The summed E-state index contributed by atoms with van der Waals surface area (Å²) in [7, 11) is 0. The first kappa shape index (κ1) is 13.3. The summed E-state index contributed by atoms with van der Waals surface area (Å²) in [6, 6.07) is -0.162. The van der Waals surface area contributed by atoms with Crippen molar-refractivity contribution in [2.45, 2.75) is 63.6 Å². The number of carbonyl (C=O) groups excluding carboxylic acids is 1. The van der Waals surface area contributed by atoms with E-state index in [-0.39, 0.29) is 17.9 Å². The number of nitrogens with one attached hydrogen (secondary N) is 1. The summed E-state index contributed by atoms with van der Waals surface area (Å²) in [6.45, 7) is 4.76. The highest BCUT2D eigenvalue weighted by molar-refractivity contribution is 5.87. The molecule has 1 heterocycles. The second-order valence-electron chi connectivity index (χ2n) is 5.99. The summed E-state index contributed by atoms with van der Waals surface area (Å²) < 4.78 is 0. The van der Waals surface area contributed by atoms with Crippen molar-refractivity contribution in [1.29, 1.82) is 0 Å². The normalized spacial score (nSPS) is 29.2. The number of rotatable bonds is 3. The minimum Gasteiger partial charge on any atom is -0.481 e. The lowest BCUT2D eigenvalue weighted by molar-refractivity contribution is -0.148. The van der Waals surface area contributed by atoms with Gasteiger partial charge in [-0.2, -0.15) is 0 Å². The van der Waals surface area contributed by atoms with E-state index in [1.54, 1.807) is 0 Å². The van der Waals surface area contributed by atoms with Crippen LogP contribution in [0.5, 0.6) is 0 Å². The van der Waals surface area contributed by atoms with E-state index in [0.717, 1.165) is 12.8 Å². The molecule has 0 radical (unpaired) electrons. The quantitative estimate of drug-likeness (QED) is 0.788. The summed E-state index contributed by atoms with van der Waals surface area (Å²) in [5, 5.41) is 11.8. The van der Waals surface area contributed by atoms with Crippen LogP contribution in [0.3, 0.4) is 0 Å². The molecular weight excluding hydrogens is 232 g/mol. The monoisotopic (exact) mass is 254 g/mol. The van der Waals surface area contributed by atoms with Crippen LogP contribution in [0.15, 0.2) is 0 Å². The standard InChI is InChI=1S/C13H22N2O3/c1-13(2)8-14-12(18)10(7-11(16)17)15(13)9-5-3-4-6-9/h9-10H,3-8H2,1-2H3,(H,14,18)(H,16,17). The summed E-state index contributed by atoms with van der Waals surface area (Å²) in [5.74, 6) is -1.04. The number of amides is 1. The van der Waals surface area contributed by atoms with E-state index in [9.17, 15) is 9.59 Å². The summed E-state index contributed by atoms with van der Waals surface area (Å²) in [5.41, 5.74) is -0.164. The first-order chi connectivity index (χ1) is 8.42. The highest BCUT2D eigenvalue weighted by Crippen LogP contribution is 2.33. The zero-order valence-electron chi connectivity index (χ0n) is 11.1. The Bertz CT molecular complexity index is 348. The van der Waals surface area contributed by atoms with Crippen LogP contribution in [0.25, 0.3) is 0 Å². The molecule has 1 amide bonds. The van der Waals surface area contributed by atoms with Crippen LogP contribution < -0.4 is 5.32 Å². The van der Waals surface area contributed by atoms with E-state index < -0.39 is 12.0 Å². The number of hydrogen-bond acceptors (Lipinski definition) is 3. The lowest BCUT2D eigenvalue weighted by Crippen LogP contribution is -2.68. The van der Waals surface area contributed by atoms with Gasteiger partial charge in [0, 0.05) is 18.1 Å². The number of carboxylic acids is 1. The lowest BCUT2D eigenvalue weighted by atomic mass is 9.91. The Morgan fingerprint density at radius 3 is 2.61 bits per heavy atom. The van der Waals surface area contributed by atoms with Crippen molar-refractivity contribution in [2.24, 2.45) is 0 Å². The molecule has 5 nitrogen and oxygen atoms in total. The Labute approximate surface area is 108 Å². The molecular formula is C13H22N2O3. The number of hydrogen-bond donors (Lipinski definition) is 2. The zero-order chi connectivity index (χ0) is 13.3. The topological polar surface area (TPSA) is 69.6 Å². The van der Waals surface area contributed by atoms with Gasteiger partial charge in [-0.05, 0) is 26.7 Å². The van der Waals surface area contributed by atoms with Gasteiger partial charge in [-0.3, -0.25) is 14.5 Å². The SMILES string of the molecule is CC1(C)CNC(=O)C(CC(=O)O)N1C1CCCC1. The summed E-state index contributed by atoms with van der Waals surface area (Å²) in [6.07, 6.45) is 4.41. The molecule has 0 aromatic rings. The van der Waals surface area contributed by atoms with E-state index in [4.69, 9.17) is 5.11 Å². The number of nitrogens with zero attached hydrogens (tertiary/aromatic N) is 1. The molecule has 1 aliphatic carbocycles. The van der Waals surface area contributed by atoms with Gasteiger partial charge < -0.3 is 10.4 Å². The molecule has 2 rings (SSSR count). The Morgan fingerprint density at radius 2 is 2.06 bits per heavy atom. The fourth-order valence-corrected chi connectivity index (χ4v) is 3.35. The molecule has 1 atom stereocenters. The van der Waals surface area contributed by atoms with Crippen LogP contribution in [-0.4, -0.2) is 46.1 Å². The largest absolute Gasteiger partial charge is 0.481 e. The average molecular weight is 254 g/mol. The van der Waals surface area contributed by atoms with Gasteiger partial charge in [0.15, 0.2) is 0 Å². The maximum atomic E-state index is 12.0. The number of piperazine rings is 1. The highest BCUT2D eigenvalue weighted by Gasteiger charge is 2.45. The lowest BCUT2D eigenvalue weighted by Gasteiger charge is -2.50. The average Bonchev–Trinajstić information content (AvgIpc) is 2.76. The van der Waals surface area contributed by atoms with E-state index in [0.29, 0.717) is 12.6 Å². The van der Waals surface area contributed by atoms with Crippen molar-refractivity contribution in [3.8, 4) is 0 Å². The van der Waals surface area contributed by atoms with Crippen LogP contribution >= 0.6 is 0 Å². The van der Waals surface area contributed by atoms with Gasteiger partial charge >= 0.3 is 5.97 Å². The van der Waals surface area contributed by atoms with Crippen molar-refractivity contribution in [3.05, 3.63) is 0 Å². The van der Waals surface area contributed by atoms with Crippen LogP contribution in [-0.2, 0) is 9.59 Å². The molecule has 2 fully saturated rings. The zero-order valence-corrected chi connectivity index (χ0v) is 11.1. The molecule has 2 aliphatic rings. The molecule has 5 heteroatoms. The first-order valence-electron chi connectivity index (χ1n) is 6.70. The molecule has 1 saturated carbocycles. The first-order valence-corrected chi connectivity index (χ1v) is 6.70. The molecule has 102 valence electrons. The Morgan fingerprint density at radius 1 is 1.44 bits per heavy atom. The van der Waals surface area contributed by atoms with Crippen LogP contribution in [0.2, 0.25) is 0 Å². The maximum absolute atomic E-state index is 12.0. The third-order valence-electron chi connectivity index (χ3n) is 4.12. The molecule has 0 spiro atoms. The number of aliphatic carboxylic acids is 1. The van der Waals surface area contributed by atoms with Crippen molar-refractivity contribution in [1.82, 2.24) is 10.2 Å². The Kier molecular flexibility index (Phi) is 3.61. The molecule has 1 unspecified atom stereocenters. The fraction of sp³-hybridized carbons (Fsp3) is 0.846. The van der Waals surface area contributed by atoms with Crippen molar-refractivity contribution in [2.75, 3.05) is 6.54 Å². The predicted molar refractivity (Wildman–Crippen MR) is 67.2 cm³/mol. The van der Waals surface area contributed by atoms with Gasteiger partial charge in [0.1, 0.15) is 6.04 Å². The van der Waals surface area contributed by atoms with E-state index in [2.05, 4.69) is 24.1 Å². The van der Waals surface area contributed by atoms with Crippen LogP contribution in [0.4, 0.5) is 0 Å². The summed E-state index contributed by atoms with van der Waals surface area (Å²) >= 11 is 0. The maximum Gasteiger partial charge on any atom is 0.305 e. The van der Waals surface area contributed by atoms with Crippen LogP contribution in [0.1, 0.15) is 46.0 Å². The Balaban J connectivity index is 2.24. The third-order valence-corrected chi connectivity index (χ3v) is 4.12. The molecule has 0 bridgehead atoms. The van der Waals surface area contributed by atoms with Gasteiger partial charge in [0.05, 0.1) is 6.42 Å². The third kappa shape index (κ3) is 2.51. The van der Waals surface area contributed by atoms with Gasteiger partial charge in [-0.15, -0.1) is 0 Å². The smallest absolute Gasteiger partial charge is 0.305 e. The van der Waals surface area contributed by atoms with Gasteiger partial charge in [-0.25, -0.2) is 0 Å². The van der Waals surface area contributed by atoms with E-state index in [1.165, 1.54) is 12.8 Å². The molecule has 0 aromatic heterocycles. The molecule has 0 aromatic carbocycles. The summed E-state index contributed by atoms with van der Waals surface area (Å²) in [4.78, 5) is 25.1. The molecule has 1 saturated heterocycles. The van der Waals surface area contributed by atoms with Gasteiger partial charge in [0.2, 0.25) is 5.91 Å². The minimum absolute atomic E-state index is 0.105. The van der Waals surface area contributed by atoms with Crippen molar-refractivity contribution in [3.63, 3.8) is 0 Å². The van der Waals surface area contributed by atoms with Crippen molar-refractivity contribution < 1.29 is 14.7 Å². The predicted octanol–water partition coefficient (Wildman–Crippen LogP) is 0.983. The van der Waals surface area contributed by atoms with E-state index >= 15 is 0 Å². The highest BCUT2D eigenvalue weighted by atomic mass is 16.4. The number of carbonyl (C=O) groups is 2. The molecule has 2 N–H and O–H groups in total. The van der Waals surface area contributed by atoms with Crippen molar-refractivity contribution >= 4 is 11.9 Å². The Hall–Kier alpha value is -1.10. The number of carboxylic acid groups (broad SMARTS) is 1. The van der Waals surface area contributed by atoms with Crippen LogP contribution in [0, 0.1) is 0 Å². The minimum atomic E-state index is -0.907. The van der Waals surface area contributed by atoms with Gasteiger partial charge in [0.25, 0.3) is 0 Å². The second-order valence-corrected chi connectivity index (χ2v) is 5.99. The fourth-order valence-electron chi connectivity index (χ4n) is 3.35. The van der Waals surface area contributed by atoms with Gasteiger partial charge in [-0.1, -0.05) is 12.8 Å². The molecule has 18 heavy (non-hydrogen) atoms. The second kappa shape index (κ2) is 4.88.